The number of methoxy groups -OCH3 is 1. The van der Waals surface area contributed by atoms with Crippen LogP contribution in [0.25, 0.3) is 0 Å². The molecule has 3 heteroatoms. The molecule has 19 heavy (non-hydrogen) atoms. The number of rotatable bonds is 4. The quantitative estimate of drug-likeness (QED) is 0.627. The van der Waals surface area contributed by atoms with Crippen LogP contribution < -0.4 is 0 Å². The Morgan fingerprint density at radius 1 is 1.11 bits per heavy atom. The van der Waals surface area contributed by atoms with Gasteiger partial charge in [0.25, 0.3) is 0 Å². The van der Waals surface area contributed by atoms with Crippen molar-refractivity contribution in [2.45, 2.75) is 11.8 Å². The first-order valence-electron chi connectivity index (χ1n) is 6.05. The summed E-state index contributed by atoms with van der Waals surface area (Å²) in [5.74, 6) is -0.247. The minimum Gasteiger partial charge on any atom is -0.469 e. The zero-order chi connectivity index (χ0) is 13.7. The highest BCUT2D eigenvalue weighted by atomic mass is 35.5. The van der Waals surface area contributed by atoms with Gasteiger partial charge in [-0.05, 0) is 16.7 Å². The maximum absolute atomic E-state index is 11.3. The Labute approximate surface area is 118 Å². The summed E-state index contributed by atoms with van der Waals surface area (Å²) in [6.45, 7) is 0. The summed E-state index contributed by atoms with van der Waals surface area (Å²) in [7, 11) is 1.39. The van der Waals surface area contributed by atoms with E-state index in [1.807, 2.05) is 54.6 Å². The summed E-state index contributed by atoms with van der Waals surface area (Å²) < 4.78 is 4.67. The summed E-state index contributed by atoms with van der Waals surface area (Å²) in [6.07, 6.45) is 0.267. The number of benzene rings is 2. The van der Waals surface area contributed by atoms with Crippen molar-refractivity contribution < 1.29 is 9.53 Å². The van der Waals surface area contributed by atoms with Crippen LogP contribution >= 0.6 is 11.6 Å². The van der Waals surface area contributed by atoms with Gasteiger partial charge >= 0.3 is 5.97 Å². The topological polar surface area (TPSA) is 26.3 Å². The zero-order valence-electron chi connectivity index (χ0n) is 10.7. The summed E-state index contributed by atoms with van der Waals surface area (Å²) >= 11 is 6.46. The zero-order valence-corrected chi connectivity index (χ0v) is 11.4. The fourth-order valence-corrected chi connectivity index (χ4v) is 2.20. The van der Waals surface area contributed by atoms with Crippen LogP contribution in [-0.4, -0.2) is 13.1 Å². The molecule has 0 aromatic heterocycles. The van der Waals surface area contributed by atoms with Crippen LogP contribution in [0.3, 0.4) is 0 Å². The maximum atomic E-state index is 11.3. The molecule has 0 spiro atoms. The molecule has 1 atom stereocenters. The predicted octanol–water partition coefficient (Wildman–Crippen LogP) is 3.73. The average Bonchev–Trinajstić information content (AvgIpc) is 2.47. The van der Waals surface area contributed by atoms with Gasteiger partial charge < -0.3 is 4.74 Å². The Kier molecular flexibility index (Phi) is 4.58. The molecule has 0 bridgehead atoms. The van der Waals surface area contributed by atoms with E-state index >= 15 is 0 Å². The highest BCUT2D eigenvalue weighted by Crippen LogP contribution is 2.28. The van der Waals surface area contributed by atoms with Crippen LogP contribution in [0, 0.1) is 0 Å². The summed E-state index contributed by atoms with van der Waals surface area (Å²) in [5, 5.41) is -0.209. The molecule has 0 fully saturated rings. The van der Waals surface area contributed by atoms with Crippen LogP contribution in [0.1, 0.15) is 22.1 Å². The smallest absolute Gasteiger partial charge is 0.309 e. The first-order chi connectivity index (χ1) is 9.20. The lowest BCUT2D eigenvalue weighted by Gasteiger charge is -2.11. The molecule has 98 valence electrons. The minimum atomic E-state index is -0.247. The van der Waals surface area contributed by atoms with E-state index in [1.165, 1.54) is 7.11 Å². The van der Waals surface area contributed by atoms with E-state index in [4.69, 9.17) is 11.6 Å². The molecule has 0 aliphatic rings. The Morgan fingerprint density at radius 2 is 1.79 bits per heavy atom. The van der Waals surface area contributed by atoms with Gasteiger partial charge in [0, 0.05) is 0 Å². The number of carbonyl (C=O) groups excluding carboxylic acids is 1. The van der Waals surface area contributed by atoms with Gasteiger partial charge in [0.1, 0.15) is 0 Å². The number of hydrogen-bond donors (Lipinski definition) is 0. The van der Waals surface area contributed by atoms with E-state index in [1.54, 1.807) is 0 Å². The van der Waals surface area contributed by atoms with Crippen molar-refractivity contribution in [3.8, 4) is 0 Å². The largest absolute Gasteiger partial charge is 0.469 e. The summed E-state index contributed by atoms with van der Waals surface area (Å²) in [4.78, 5) is 11.3. The van der Waals surface area contributed by atoms with Crippen LogP contribution in [0.4, 0.5) is 0 Å². The predicted molar refractivity (Wildman–Crippen MR) is 76.3 cm³/mol. The van der Waals surface area contributed by atoms with E-state index in [9.17, 15) is 4.79 Å². The second-order valence-corrected chi connectivity index (χ2v) is 4.71. The number of alkyl halides is 1. The van der Waals surface area contributed by atoms with Crippen LogP contribution in [0.15, 0.2) is 54.6 Å². The van der Waals surface area contributed by atoms with Gasteiger partial charge in [-0.1, -0.05) is 54.6 Å². The summed E-state index contributed by atoms with van der Waals surface area (Å²) in [5.41, 5.74) is 2.93. The monoisotopic (exact) mass is 274 g/mol. The maximum Gasteiger partial charge on any atom is 0.309 e. The van der Waals surface area contributed by atoms with Gasteiger partial charge in [-0.15, -0.1) is 11.6 Å². The number of hydrogen-bond acceptors (Lipinski definition) is 2. The fraction of sp³-hybridized carbons (Fsp3) is 0.188. The average molecular weight is 275 g/mol. The molecule has 0 saturated heterocycles. The van der Waals surface area contributed by atoms with Crippen molar-refractivity contribution in [3.05, 3.63) is 71.3 Å². The molecule has 0 aliphatic heterocycles. The van der Waals surface area contributed by atoms with Crippen molar-refractivity contribution in [1.82, 2.24) is 0 Å². The molecule has 2 rings (SSSR count). The lowest BCUT2D eigenvalue weighted by molar-refractivity contribution is -0.139. The van der Waals surface area contributed by atoms with Gasteiger partial charge in [-0.2, -0.15) is 0 Å². The van der Waals surface area contributed by atoms with Crippen LogP contribution in [-0.2, 0) is 16.0 Å². The van der Waals surface area contributed by atoms with Gasteiger partial charge in [-0.25, -0.2) is 0 Å². The van der Waals surface area contributed by atoms with Gasteiger partial charge in [0.15, 0.2) is 0 Å². The van der Waals surface area contributed by atoms with Gasteiger partial charge in [0.2, 0.25) is 0 Å². The third-order valence-corrected chi connectivity index (χ3v) is 3.42. The van der Waals surface area contributed by atoms with Crippen molar-refractivity contribution in [2.24, 2.45) is 0 Å². The van der Waals surface area contributed by atoms with Crippen molar-refractivity contribution in [2.75, 3.05) is 7.11 Å². The Balaban J connectivity index is 2.21. The van der Waals surface area contributed by atoms with E-state index in [0.29, 0.717) is 0 Å². The number of esters is 1. The Morgan fingerprint density at radius 3 is 2.47 bits per heavy atom. The van der Waals surface area contributed by atoms with Crippen molar-refractivity contribution in [3.63, 3.8) is 0 Å². The van der Waals surface area contributed by atoms with Gasteiger partial charge in [-0.3, -0.25) is 4.79 Å². The lowest BCUT2D eigenvalue weighted by atomic mass is 10.0. The molecular formula is C16H15ClO2. The Hall–Kier alpha value is -1.80. The minimum absolute atomic E-state index is 0.209. The third-order valence-electron chi connectivity index (χ3n) is 2.91. The van der Waals surface area contributed by atoms with E-state index in [-0.39, 0.29) is 17.8 Å². The van der Waals surface area contributed by atoms with Crippen LogP contribution in [0.2, 0.25) is 0 Å². The first kappa shape index (κ1) is 13.6. The molecule has 0 heterocycles. The molecule has 0 saturated carbocycles. The molecule has 0 radical (unpaired) electrons. The highest BCUT2D eigenvalue weighted by Gasteiger charge is 2.11. The SMILES string of the molecule is COC(=O)Cc1cccc(C(Cl)c2ccccc2)c1. The number of ether oxygens (including phenoxy) is 1. The standard InChI is InChI=1S/C16H15ClO2/c1-19-15(18)11-12-6-5-9-14(10-12)16(17)13-7-3-2-4-8-13/h2-10,16H,11H2,1H3. The lowest BCUT2D eigenvalue weighted by Crippen LogP contribution is -2.05. The molecule has 2 aromatic rings. The van der Waals surface area contributed by atoms with E-state index in [2.05, 4.69) is 4.74 Å². The van der Waals surface area contributed by atoms with E-state index < -0.39 is 0 Å². The second kappa shape index (κ2) is 6.39. The molecule has 0 N–H and O–H groups in total. The number of halogens is 1. The molecule has 1 unspecified atom stereocenters. The number of carbonyl (C=O) groups is 1. The van der Waals surface area contributed by atoms with Crippen molar-refractivity contribution in [1.29, 1.82) is 0 Å². The second-order valence-electron chi connectivity index (χ2n) is 4.27. The molecule has 2 nitrogen and oxygen atoms in total. The molecule has 0 aliphatic carbocycles. The first-order valence-corrected chi connectivity index (χ1v) is 6.49. The Bertz CT molecular complexity index is 552. The molecular weight excluding hydrogens is 260 g/mol. The molecule has 2 aromatic carbocycles. The molecule has 0 amide bonds. The summed E-state index contributed by atoms with van der Waals surface area (Å²) in [6, 6.07) is 17.6. The highest BCUT2D eigenvalue weighted by molar-refractivity contribution is 6.22. The van der Waals surface area contributed by atoms with E-state index in [0.717, 1.165) is 16.7 Å². The van der Waals surface area contributed by atoms with Crippen molar-refractivity contribution >= 4 is 17.6 Å². The fourth-order valence-electron chi connectivity index (χ4n) is 1.91. The van der Waals surface area contributed by atoms with Gasteiger partial charge in [0.05, 0.1) is 18.9 Å². The third kappa shape index (κ3) is 3.58. The normalized spacial score (nSPS) is 11.9. The van der Waals surface area contributed by atoms with Crippen LogP contribution in [0.5, 0.6) is 0 Å².